The molecule has 1 heterocycles. The Morgan fingerprint density at radius 2 is 1.64 bits per heavy atom. The number of hydrogen-bond donors (Lipinski definition) is 1. The van der Waals surface area contributed by atoms with Crippen molar-refractivity contribution < 1.29 is 9.59 Å². The number of piperidine rings is 1. The average molecular weight is 302 g/mol. The summed E-state index contributed by atoms with van der Waals surface area (Å²) in [5.74, 6) is -0.0527. The Hall–Kier alpha value is -1.84. The van der Waals surface area contributed by atoms with Crippen molar-refractivity contribution in [2.75, 3.05) is 13.1 Å². The van der Waals surface area contributed by atoms with Gasteiger partial charge in [0.15, 0.2) is 0 Å². The standard InChI is InChI=1S/C18H26N2O2/c1-13(2)16(18(22)20-11-5-4-6-12-20)19-17(21)15-9-7-14(3)8-10-15/h7-10,13,16H,4-6,11-12H2,1-3H3,(H,19,21)/t16-/m0/s1. The zero-order valence-electron chi connectivity index (χ0n) is 13.8. The Bertz CT molecular complexity index is 516. The summed E-state index contributed by atoms with van der Waals surface area (Å²) < 4.78 is 0. The van der Waals surface area contributed by atoms with Crippen molar-refractivity contribution in [1.29, 1.82) is 0 Å². The van der Waals surface area contributed by atoms with Gasteiger partial charge in [0.1, 0.15) is 6.04 Å². The first-order valence-corrected chi connectivity index (χ1v) is 8.15. The Morgan fingerprint density at radius 1 is 1.05 bits per heavy atom. The summed E-state index contributed by atoms with van der Waals surface area (Å²) in [7, 11) is 0. The van der Waals surface area contributed by atoms with Crippen LogP contribution in [-0.2, 0) is 4.79 Å². The SMILES string of the molecule is Cc1ccc(C(=O)N[C@H](C(=O)N2CCCCC2)C(C)C)cc1. The number of likely N-dealkylation sites (tertiary alicyclic amines) is 1. The van der Waals surface area contributed by atoms with E-state index >= 15 is 0 Å². The van der Waals surface area contributed by atoms with Crippen LogP contribution in [0.1, 0.15) is 49.0 Å². The van der Waals surface area contributed by atoms with E-state index in [1.807, 2.05) is 37.8 Å². The second-order valence-electron chi connectivity index (χ2n) is 6.45. The topological polar surface area (TPSA) is 49.4 Å². The number of nitrogens with one attached hydrogen (secondary N) is 1. The molecule has 2 amide bonds. The number of nitrogens with zero attached hydrogens (tertiary/aromatic N) is 1. The number of benzene rings is 1. The molecule has 0 aromatic heterocycles. The molecule has 0 saturated carbocycles. The van der Waals surface area contributed by atoms with Crippen LogP contribution < -0.4 is 5.32 Å². The van der Waals surface area contributed by atoms with E-state index in [1.54, 1.807) is 12.1 Å². The molecule has 1 aliphatic rings. The predicted molar refractivity (Wildman–Crippen MR) is 87.7 cm³/mol. The van der Waals surface area contributed by atoms with Crippen LogP contribution in [0.3, 0.4) is 0 Å². The van der Waals surface area contributed by atoms with Crippen LogP contribution in [0.4, 0.5) is 0 Å². The number of carbonyl (C=O) groups excluding carboxylic acids is 2. The lowest BCUT2D eigenvalue weighted by molar-refractivity contribution is -0.135. The van der Waals surface area contributed by atoms with Crippen LogP contribution in [-0.4, -0.2) is 35.8 Å². The average Bonchev–Trinajstić information content (AvgIpc) is 2.53. The third-order valence-electron chi connectivity index (χ3n) is 4.20. The Labute approximate surface area is 132 Å². The lowest BCUT2D eigenvalue weighted by Crippen LogP contribution is -2.52. The van der Waals surface area contributed by atoms with Crippen LogP contribution >= 0.6 is 0 Å². The molecule has 1 atom stereocenters. The lowest BCUT2D eigenvalue weighted by Gasteiger charge is -2.32. The van der Waals surface area contributed by atoms with Gasteiger partial charge in [-0.25, -0.2) is 0 Å². The molecule has 1 N–H and O–H groups in total. The van der Waals surface area contributed by atoms with E-state index in [4.69, 9.17) is 0 Å². The molecule has 0 bridgehead atoms. The van der Waals surface area contributed by atoms with Gasteiger partial charge in [0.25, 0.3) is 5.91 Å². The van der Waals surface area contributed by atoms with Crippen molar-refractivity contribution in [2.45, 2.75) is 46.1 Å². The molecule has 120 valence electrons. The Balaban J connectivity index is 2.06. The zero-order chi connectivity index (χ0) is 16.1. The first kappa shape index (κ1) is 16.5. The first-order chi connectivity index (χ1) is 10.5. The fraction of sp³-hybridized carbons (Fsp3) is 0.556. The molecule has 4 nitrogen and oxygen atoms in total. The molecule has 1 fully saturated rings. The number of rotatable bonds is 4. The molecule has 1 aromatic rings. The van der Waals surface area contributed by atoms with Crippen molar-refractivity contribution in [2.24, 2.45) is 5.92 Å². The molecule has 0 unspecified atom stereocenters. The molecular formula is C18H26N2O2. The van der Waals surface area contributed by atoms with Crippen molar-refractivity contribution in [1.82, 2.24) is 10.2 Å². The number of aryl methyl sites for hydroxylation is 1. The Kier molecular flexibility index (Phi) is 5.58. The first-order valence-electron chi connectivity index (χ1n) is 8.15. The number of amides is 2. The van der Waals surface area contributed by atoms with E-state index in [9.17, 15) is 9.59 Å². The number of hydrogen-bond acceptors (Lipinski definition) is 2. The van der Waals surface area contributed by atoms with Gasteiger partial charge < -0.3 is 10.2 Å². The monoisotopic (exact) mass is 302 g/mol. The summed E-state index contributed by atoms with van der Waals surface area (Å²) >= 11 is 0. The van der Waals surface area contributed by atoms with Gasteiger partial charge in [-0.2, -0.15) is 0 Å². The third kappa shape index (κ3) is 4.09. The van der Waals surface area contributed by atoms with Crippen molar-refractivity contribution in [3.8, 4) is 0 Å². The minimum Gasteiger partial charge on any atom is -0.341 e. The van der Waals surface area contributed by atoms with Crippen LogP contribution in [0.5, 0.6) is 0 Å². The maximum absolute atomic E-state index is 12.7. The van der Waals surface area contributed by atoms with Crippen LogP contribution in [0.2, 0.25) is 0 Å². The van der Waals surface area contributed by atoms with Crippen molar-refractivity contribution in [3.63, 3.8) is 0 Å². The fourth-order valence-corrected chi connectivity index (χ4v) is 2.75. The molecule has 4 heteroatoms. The summed E-state index contributed by atoms with van der Waals surface area (Å²) in [6.07, 6.45) is 3.30. The van der Waals surface area contributed by atoms with Gasteiger partial charge >= 0.3 is 0 Å². The molecule has 1 aromatic carbocycles. The van der Waals surface area contributed by atoms with E-state index in [0.29, 0.717) is 5.56 Å². The highest BCUT2D eigenvalue weighted by Gasteiger charge is 2.29. The van der Waals surface area contributed by atoms with E-state index in [-0.39, 0.29) is 17.7 Å². The lowest BCUT2D eigenvalue weighted by atomic mass is 10.0. The molecule has 2 rings (SSSR count). The highest BCUT2D eigenvalue weighted by atomic mass is 16.2. The van der Waals surface area contributed by atoms with Gasteiger partial charge in [-0.3, -0.25) is 9.59 Å². The van der Waals surface area contributed by atoms with Crippen molar-refractivity contribution >= 4 is 11.8 Å². The summed E-state index contributed by atoms with van der Waals surface area (Å²) in [6.45, 7) is 7.55. The maximum atomic E-state index is 12.7. The van der Waals surface area contributed by atoms with Gasteiger partial charge in [-0.15, -0.1) is 0 Å². The van der Waals surface area contributed by atoms with Gasteiger partial charge in [0, 0.05) is 18.7 Å². The van der Waals surface area contributed by atoms with E-state index in [1.165, 1.54) is 6.42 Å². The summed E-state index contributed by atoms with van der Waals surface area (Å²) in [6, 6.07) is 6.96. The second-order valence-corrected chi connectivity index (χ2v) is 6.45. The highest BCUT2D eigenvalue weighted by Crippen LogP contribution is 2.14. The molecule has 0 spiro atoms. The second kappa shape index (κ2) is 7.43. The highest BCUT2D eigenvalue weighted by molar-refractivity contribution is 5.97. The Morgan fingerprint density at radius 3 is 2.18 bits per heavy atom. The smallest absolute Gasteiger partial charge is 0.251 e. The predicted octanol–water partition coefficient (Wildman–Crippen LogP) is 2.76. The van der Waals surface area contributed by atoms with Crippen molar-refractivity contribution in [3.05, 3.63) is 35.4 Å². The fourth-order valence-electron chi connectivity index (χ4n) is 2.75. The molecule has 1 saturated heterocycles. The van der Waals surface area contributed by atoms with E-state index < -0.39 is 6.04 Å². The largest absolute Gasteiger partial charge is 0.341 e. The molecule has 1 aliphatic heterocycles. The van der Waals surface area contributed by atoms with Crippen LogP contribution in [0.15, 0.2) is 24.3 Å². The summed E-state index contributed by atoms with van der Waals surface area (Å²) in [5, 5.41) is 2.92. The van der Waals surface area contributed by atoms with Gasteiger partial charge in [-0.05, 0) is 44.2 Å². The quantitative estimate of drug-likeness (QED) is 0.929. The minimum atomic E-state index is -0.452. The zero-order valence-corrected chi connectivity index (χ0v) is 13.8. The van der Waals surface area contributed by atoms with Gasteiger partial charge in [-0.1, -0.05) is 31.5 Å². The van der Waals surface area contributed by atoms with Gasteiger partial charge in [0.2, 0.25) is 5.91 Å². The van der Waals surface area contributed by atoms with Gasteiger partial charge in [0.05, 0.1) is 0 Å². The summed E-state index contributed by atoms with van der Waals surface area (Å²) in [5.41, 5.74) is 1.71. The molecule has 0 aliphatic carbocycles. The minimum absolute atomic E-state index is 0.0511. The third-order valence-corrected chi connectivity index (χ3v) is 4.20. The number of carbonyl (C=O) groups is 2. The van der Waals surface area contributed by atoms with E-state index in [0.717, 1.165) is 31.5 Å². The molecule has 0 radical (unpaired) electrons. The maximum Gasteiger partial charge on any atom is 0.251 e. The molecular weight excluding hydrogens is 276 g/mol. The molecule has 22 heavy (non-hydrogen) atoms. The normalized spacial score (nSPS) is 16.5. The van der Waals surface area contributed by atoms with E-state index in [2.05, 4.69) is 5.32 Å². The van der Waals surface area contributed by atoms with Crippen LogP contribution in [0, 0.1) is 12.8 Å². The van der Waals surface area contributed by atoms with Crippen LogP contribution in [0.25, 0.3) is 0 Å². The summed E-state index contributed by atoms with van der Waals surface area (Å²) in [4.78, 5) is 26.9.